The molecule has 2 heterocycles. The van der Waals surface area contributed by atoms with Gasteiger partial charge in [-0.2, -0.15) is 0 Å². The summed E-state index contributed by atoms with van der Waals surface area (Å²) in [5.41, 5.74) is 3.94. The first kappa shape index (κ1) is 21.4. The van der Waals surface area contributed by atoms with Crippen LogP contribution in [0.15, 0.2) is 35.2 Å². The molecular weight excluding hydrogens is 414 g/mol. The second-order valence-electron chi connectivity index (χ2n) is 8.18. The first-order valence-electron chi connectivity index (χ1n) is 10.5. The minimum atomic E-state index is -0.476. The molecule has 2 fully saturated rings. The molecule has 0 spiro atoms. The van der Waals surface area contributed by atoms with Gasteiger partial charge in [0.15, 0.2) is 0 Å². The van der Waals surface area contributed by atoms with E-state index in [-0.39, 0.29) is 23.4 Å². The van der Waals surface area contributed by atoms with E-state index in [2.05, 4.69) is 24.5 Å². The maximum absolute atomic E-state index is 12.9. The number of non-ortho nitro benzene ring substituents is 1. The lowest BCUT2D eigenvalue weighted by molar-refractivity contribution is -0.384. The number of imide groups is 1. The number of amides is 2. The SMILES string of the molecule is Cc1cc(/C=C2\SC(=O)N(Cc3ccc([N+](=O)[O-])cc3)C2=O)c(C)n1C1CCCCC1. The van der Waals surface area contributed by atoms with Crippen molar-refractivity contribution in [2.75, 3.05) is 0 Å². The molecule has 31 heavy (non-hydrogen) atoms. The second-order valence-corrected chi connectivity index (χ2v) is 9.17. The van der Waals surface area contributed by atoms with Gasteiger partial charge in [-0.3, -0.25) is 24.6 Å². The van der Waals surface area contributed by atoms with Crippen LogP contribution < -0.4 is 0 Å². The highest BCUT2D eigenvalue weighted by Crippen LogP contribution is 2.36. The predicted molar refractivity (Wildman–Crippen MR) is 121 cm³/mol. The molecule has 1 aromatic carbocycles. The number of carbonyl (C=O) groups excluding carboxylic acids is 2. The monoisotopic (exact) mass is 439 g/mol. The Morgan fingerprint density at radius 1 is 1.13 bits per heavy atom. The van der Waals surface area contributed by atoms with Crippen molar-refractivity contribution in [3.63, 3.8) is 0 Å². The number of benzene rings is 1. The van der Waals surface area contributed by atoms with Crippen LogP contribution in [0.1, 0.15) is 60.7 Å². The number of nitrogens with zero attached hydrogens (tertiary/aromatic N) is 3. The van der Waals surface area contributed by atoms with Gasteiger partial charge in [-0.05, 0) is 61.7 Å². The zero-order valence-electron chi connectivity index (χ0n) is 17.7. The first-order chi connectivity index (χ1) is 14.8. The molecule has 1 aliphatic carbocycles. The van der Waals surface area contributed by atoms with Crippen molar-refractivity contribution in [1.29, 1.82) is 0 Å². The van der Waals surface area contributed by atoms with Crippen LogP contribution in [0.5, 0.6) is 0 Å². The van der Waals surface area contributed by atoms with Crippen molar-refractivity contribution in [2.45, 2.75) is 58.5 Å². The summed E-state index contributed by atoms with van der Waals surface area (Å²) in [7, 11) is 0. The summed E-state index contributed by atoms with van der Waals surface area (Å²) in [4.78, 5) is 37.3. The summed E-state index contributed by atoms with van der Waals surface area (Å²) in [6.45, 7) is 4.27. The number of rotatable bonds is 5. The third-order valence-electron chi connectivity index (χ3n) is 6.11. The smallest absolute Gasteiger partial charge is 0.293 e. The van der Waals surface area contributed by atoms with Gasteiger partial charge in [-0.1, -0.05) is 31.4 Å². The number of nitro benzene ring substituents is 1. The Hall–Kier alpha value is -2.87. The average Bonchev–Trinajstić information content (AvgIpc) is 3.18. The van der Waals surface area contributed by atoms with E-state index in [1.165, 1.54) is 54.8 Å². The average molecular weight is 440 g/mol. The van der Waals surface area contributed by atoms with E-state index in [1.54, 1.807) is 12.1 Å². The van der Waals surface area contributed by atoms with E-state index in [4.69, 9.17) is 0 Å². The predicted octanol–water partition coefficient (Wildman–Crippen LogP) is 5.75. The highest BCUT2D eigenvalue weighted by Gasteiger charge is 2.35. The number of nitro groups is 1. The molecule has 2 aliphatic rings. The van der Waals surface area contributed by atoms with Crippen molar-refractivity contribution in [1.82, 2.24) is 9.47 Å². The van der Waals surface area contributed by atoms with Crippen LogP contribution in [0.2, 0.25) is 0 Å². The zero-order valence-corrected chi connectivity index (χ0v) is 18.5. The van der Waals surface area contributed by atoms with Gasteiger partial charge in [-0.15, -0.1) is 0 Å². The van der Waals surface area contributed by atoms with E-state index >= 15 is 0 Å². The van der Waals surface area contributed by atoms with Crippen molar-refractivity contribution in [2.24, 2.45) is 0 Å². The summed E-state index contributed by atoms with van der Waals surface area (Å²) in [6.07, 6.45) is 7.98. The molecule has 1 saturated heterocycles. The number of hydrogen-bond donors (Lipinski definition) is 0. The maximum atomic E-state index is 12.9. The van der Waals surface area contributed by atoms with E-state index in [9.17, 15) is 19.7 Å². The van der Waals surface area contributed by atoms with Crippen LogP contribution in [0.3, 0.4) is 0 Å². The normalized spacial score (nSPS) is 18.9. The molecule has 0 radical (unpaired) electrons. The van der Waals surface area contributed by atoms with Gasteiger partial charge >= 0.3 is 0 Å². The Kier molecular flexibility index (Phi) is 6.00. The largest absolute Gasteiger partial charge is 0.346 e. The van der Waals surface area contributed by atoms with E-state index in [1.807, 2.05) is 6.08 Å². The second kappa shape index (κ2) is 8.70. The van der Waals surface area contributed by atoms with Crippen LogP contribution in [0.25, 0.3) is 6.08 Å². The molecule has 1 saturated carbocycles. The minimum Gasteiger partial charge on any atom is -0.346 e. The van der Waals surface area contributed by atoms with E-state index < -0.39 is 4.92 Å². The lowest BCUT2D eigenvalue weighted by Crippen LogP contribution is -2.27. The number of hydrogen-bond acceptors (Lipinski definition) is 5. The molecule has 4 rings (SSSR count). The summed E-state index contributed by atoms with van der Waals surface area (Å²) in [5, 5.41) is 10.5. The van der Waals surface area contributed by atoms with Gasteiger partial charge < -0.3 is 4.57 Å². The molecule has 0 unspecified atom stereocenters. The van der Waals surface area contributed by atoms with Gasteiger partial charge in [0, 0.05) is 29.6 Å². The molecule has 2 amide bonds. The van der Waals surface area contributed by atoms with Crippen molar-refractivity contribution < 1.29 is 14.5 Å². The Morgan fingerprint density at radius 2 is 1.81 bits per heavy atom. The highest BCUT2D eigenvalue weighted by molar-refractivity contribution is 8.18. The molecule has 8 heteroatoms. The van der Waals surface area contributed by atoms with Crippen LogP contribution in [0, 0.1) is 24.0 Å². The Bertz CT molecular complexity index is 1070. The fourth-order valence-corrected chi connectivity index (χ4v) is 5.36. The molecule has 0 N–H and O–H groups in total. The standard InChI is InChI=1S/C23H25N3O4S/c1-15-12-18(16(2)25(15)19-6-4-3-5-7-19)13-21-22(27)24(23(28)31-21)14-17-8-10-20(11-9-17)26(29)30/h8-13,19H,3-7,14H2,1-2H3/b21-13-. The Balaban J connectivity index is 1.54. The number of thioether (sulfide) groups is 1. The summed E-state index contributed by atoms with van der Waals surface area (Å²) in [5.74, 6) is -0.323. The lowest BCUT2D eigenvalue weighted by Gasteiger charge is -2.26. The lowest BCUT2D eigenvalue weighted by atomic mass is 9.95. The van der Waals surface area contributed by atoms with Gasteiger partial charge in [0.25, 0.3) is 16.8 Å². The Morgan fingerprint density at radius 3 is 2.45 bits per heavy atom. The van der Waals surface area contributed by atoms with Crippen LogP contribution >= 0.6 is 11.8 Å². The van der Waals surface area contributed by atoms with Crippen molar-refractivity contribution in [3.8, 4) is 0 Å². The topological polar surface area (TPSA) is 85.5 Å². The third-order valence-corrected chi connectivity index (χ3v) is 7.02. The zero-order chi connectivity index (χ0) is 22.1. The highest BCUT2D eigenvalue weighted by atomic mass is 32.2. The molecule has 0 bridgehead atoms. The van der Waals surface area contributed by atoms with Crippen LogP contribution in [-0.2, 0) is 11.3 Å². The molecule has 7 nitrogen and oxygen atoms in total. The van der Waals surface area contributed by atoms with Crippen molar-refractivity contribution in [3.05, 3.63) is 67.9 Å². The third kappa shape index (κ3) is 4.30. The number of aromatic nitrogens is 1. The summed E-state index contributed by atoms with van der Waals surface area (Å²) in [6, 6.07) is 8.50. The molecule has 1 aliphatic heterocycles. The number of carbonyl (C=O) groups is 2. The minimum absolute atomic E-state index is 0.0221. The van der Waals surface area contributed by atoms with E-state index in [0.29, 0.717) is 16.5 Å². The summed E-state index contributed by atoms with van der Waals surface area (Å²) < 4.78 is 2.38. The fourth-order valence-electron chi connectivity index (χ4n) is 4.53. The quantitative estimate of drug-likeness (QED) is 0.336. The molecular formula is C23H25N3O4S. The number of aryl methyl sites for hydroxylation is 1. The first-order valence-corrected chi connectivity index (χ1v) is 11.3. The molecule has 0 atom stereocenters. The molecule has 162 valence electrons. The molecule has 2 aromatic rings. The van der Waals surface area contributed by atoms with Crippen LogP contribution in [0.4, 0.5) is 10.5 Å². The van der Waals surface area contributed by atoms with E-state index in [0.717, 1.165) is 23.0 Å². The molecule has 1 aromatic heterocycles. The van der Waals surface area contributed by atoms with Gasteiger partial charge in [-0.25, -0.2) is 0 Å². The Labute approximate surface area is 185 Å². The summed E-state index contributed by atoms with van der Waals surface area (Å²) >= 11 is 0.944. The van der Waals surface area contributed by atoms with Gasteiger partial charge in [0.2, 0.25) is 0 Å². The maximum Gasteiger partial charge on any atom is 0.293 e. The fraction of sp³-hybridized carbons (Fsp3) is 0.391. The van der Waals surface area contributed by atoms with Gasteiger partial charge in [0.05, 0.1) is 16.4 Å². The van der Waals surface area contributed by atoms with Crippen molar-refractivity contribution >= 4 is 34.7 Å². The van der Waals surface area contributed by atoms with Crippen LogP contribution in [-0.4, -0.2) is 25.5 Å². The van der Waals surface area contributed by atoms with Gasteiger partial charge in [0.1, 0.15) is 0 Å².